The molecule has 0 unspecified atom stereocenters. The van der Waals surface area contributed by atoms with Gasteiger partial charge in [0.15, 0.2) is 0 Å². The summed E-state index contributed by atoms with van der Waals surface area (Å²) in [6, 6.07) is 9.49. The van der Waals surface area contributed by atoms with Crippen LogP contribution in [0.4, 0.5) is 0 Å². The van der Waals surface area contributed by atoms with Crippen LogP contribution >= 0.6 is 0 Å². The Balaban J connectivity index is 2.02. The molecule has 0 radical (unpaired) electrons. The summed E-state index contributed by atoms with van der Waals surface area (Å²) in [5.41, 5.74) is 0.851. The number of hydrogen-bond donors (Lipinski definition) is 2. The van der Waals surface area contributed by atoms with E-state index in [0.717, 1.165) is 5.56 Å². The summed E-state index contributed by atoms with van der Waals surface area (Å²) in [7, 11) is 0. The number of carbonyl (C=O) groups is 2. The Hall–Kier alpha value is -2.63. The average Bonchev–Trinajstić information content (AvgIpc) is 2.87. The van der Waals surface area contributed by atoms with Gasteiger partial charge in [-0.05, 0) is 39.3 Å². The minimum absolute atomic E-state index is 0.00836. The number of aliphatic carboxylic acids is 1. The van der Waals surface area contributed by atoms with Crippen molar-refractivity contribution in [3.8, 4) is 11.5 Å². The van der Waals surface area contributed by atoms with Gasteiger partial charge < -0.3 is 14.8 Å². The number of oxazole rings is 1. The van der Waals surface area contributed by atoms with Crippen LogP contribution in [0.15, 0.2) is 34.7 Å². The number of rotatable bonds is 7. The third kappa shape index (κ3) is 4.94. The summed E-state index contributed by atoms with van der Waals surface area (Å²) in [6.07, 6.45) is 0.466. The van der Waals surface area contributed by atoms with Gasteiger partial charge >= 0.3 is 5.97 Å². The van der Waals surface area contributed by atoms with Crippen molar-refractivity contribution in [2.75, 3.05) is 0 Å². The molecule has 0 aliphatic carbocycles. The number of amides is 1. The van der Waals surface area contributed by atoms with E-state index in [4.69, 9.17) is 9.52 Å². The number of benzene rings is 1. The molecule has 1 aromatic carbocycles. The van der Waals surface area contributed by atoms with Crippen LogP contribution in [0.2, 0.25) is 0 Å². The van der Waals surface area contributed by atoms with Crippen molar-refractivity contribution < 1.29 is 19.1 Å². The zero-order chi connectivity index (χ0) is 17.7. The molecule has 2 N–H and O–H groups in total. The maximum Gasteiger partial charge on any atom is 0.303 e. The summed E-state index contributed by atoms with van der Waals surface area (Å²) in [5, 5.41) is 11.6. The number of hydrogen-bond acceptors (Lipinski definition) is 4. The van der Waals surface area contributed by atoms with Gasteiger partial charge in [-0.2, -0.15) is 0 Å². The molecule has 0 bridgehead atoms. The minimum atomic E-state index is -0.878. The maximum atomic E-state index is 12.2. The van der Waals surface area contributed by atoms with E-state index >= 15 is 0 Å². The van der Waals surface area contributed by atoms with Crippen molar-refractivity contribution >= 4 is 11.9 Å². The third-order valence-electron chi connectivity index (χ3n) is 3.68. The molecule has 0 fully saturated rings. The first-order valence-corrected chi connectivity index (χ1v) is 7.81. The summed E-state index contributed by atoms with van der Waals surface area (Å²) in [4.78, 5) is 27.3. The lowest BCUT2D eigenvalue weighted by molar-refractivity contribution is -0.137. The summed E-state index contributed by atoms with van der Waals surface area (Å²) in [6.45, 7) is 5.38. The second-order valence-corrected chi connectivity index (χ2v) is 6.39. The highest BCUT2D eigenvalue weighted by molar-refractivity contribution is 5.79. The van der Waals surface area contributed by atoms with Gasteiger partial charge in [-0.3, -0.25) is 9.59 Å². The number of aromatic nitrogens is 1. The highest BCUT2D eigenvalue weighted by Crippen LogP contribution is 2.22. The van der Waals surface area contributed by atoms with E-state index in [1.165, 1.54) is 0 Å². The average molecular weight is 330 g/mol. The molecule has 0 aliphatic rings. The topological polar surface area (TPSA) is 92.4 Å². The number of aryl methyl sites for hydroxylation is 1. The molecule has 1 heterocycles. The van der Waals surface area contributed by atoms with Crippen LogP contribution < -0.4 is 5.32 Å². The van der Waals surface area contributed by atoms with Gasteiger partial charge in [0.1, 0.15) is 5.76 Å². The van der Waals surface area contributed by atoms with Crippen LogP contribution in [0.3, 0.4) is 0 Å². The van der Waals surface area contributed by atoms with Crippen molar-refractivity contribution in [3.63, 3.8) is 0 Å². The molecule has 0 saturated heterocycles. The van der Waals surface area contributed by atoms with Gasteiger partial charge in [0.25, 0.3) is 0 Å². The normalized spacial score (nSPS) is 11.3. The quantitative estimate of drug-likeness (QED) is 0.814. The molecule has 6 heteroatoms. The molecule has 0 saturated carbocycles. The van der Waals surface area contributed by atoms with Gasteiger partial charge in [-0.15, -0.1) is 0 Å². The summed E-state index contributed by atoms with van der Waals surface area (Å²) >= 11 is 0. The Bertz CT molecular complexity index is 720. The molecule has 128 valence electrons. The number of carboxylic acids is 1. The lowest BCUT2D eigenvalue weighted by atomic mass is 9.98. The van der Waals surface area contributed by atoms with Crippen LogP contribution in [-0.4, -0.2) is 27.5 Å². The predicted octanol–water partition coefficient (Wildman–Crippen LogP) is 2.95. The Morgan fingerprint density at radius 2 is 1.92 bits per heavy atom. The number of nitrogens with one attached hydrogen (secondary N) is 1. The number of nitrogens with zero attached hydrogens (tertiary/aromatic N) is 1. The summed E-state index contributed by atoms with van der Waals surface area (Å²) < 4.78 is 5.64. The molecule has 0 spiro atoms. The van der Waals surface area contributed by atoms with Crippen molar-refractivity contribution in [1.82, 2.24) is 10.3 Å². The van der Waals surface area contributed by atoms with E-state index < -0.39 is 11.5 Å². The lowest BCUT2D eigenvalue weighted by Crippen LogP contribution is -2.44. The summed E-state index contributed by atoms with van der Waals surface area (Å²) in [5.74, 6) is 0.00644. The van der Waals surface area contributed by atoms with Gasteiger partial charge in [-0.1, -0.05) is 18.2 Å². The van der Waals surface area contributed by atoms with Crippen molar-refractivity contribution in [1.29, 1.82) is 0 Å². The SMILES string of the molecule is Cc1oc(-c2ccccc2)nc1CC(=O)NC(C)(C)CCC(=O)O. The lowest BCUT2D eigenvalue weighted by Gasteiger charge is -2.25. The second-order valence-electron chi connectivity index (χ2n) is 6.39. The van der Waals surface area contributed by atoms with E-state index in [2.05, 4.69) is 10.3 Å². The third-order valence-corrected chi connectivity index (χ3v) is 3.68. The van der Waals surface area contributed by atoms with Crippen LogP contribution in [-0.2, 0) is 16.0 Å². The fourth-order valence-corrected chi connectivity index (χ4v) is 2.35. The zero-order valence-corrected chi connectivity index (χ0v) is 14.1. The fraction of sp³-hybridized carbons (Fsp3) is 0.389. The van der Waals surface area contributed by atoms with Gasteiger partial charge in [0.2, 0.25) is 11.8 Å². The molecular weight excluding hydrogens is 308 g/mol. The van der Waals surface area contributed by atoms with Gasteiger partial charge in [-0.25, -0.2) is 4.98 Å². The Labute approximate surface area is 140 Å². The predicted molar refractivity (Wildman–Crippen MR) is 89.5 cm³/mol. The minimum Gasteiger partial charge on any atom is -0.481 e. The van der Waals surface area contributed by atoms with E-state index in [1.54, 1.807) is 20.8 Å². The first-order chi connectivity index (χ1) is 11.3. The maximum absolute atomic E-state index is 12.2. The van der Waals surface area contributed by atoms with Crippen LogP contribution in [0.25, 0.3) is 11.5 Å². The Kier molecular flexibility index (Phi) is 5.39. The Morgan fingerprint density at radius 3 is 2.54 bits per heavy atom. The highest BCUT2D eigenvalue weighted by atomic mass is 16.4. The highest BCUT2D eigenvalue weighted by Gasteiger charge is 2.23. The fourth-order valence-electron chi connectivity index (χ4n) is 2.35. The van der Waals surface area contributed by atoms with Gasteiger partial charge in [0.05, 0.1) is 12.1 Å². The van der Waals surface area contributed by atoms with E-state index in [-0.39, 0.29) is 18.7 Å². The number of carbonyl (C=O) groups excluding carboxylic acids is 1. The van der Waals surface area contributed by atoms with E-state index in [1.807, 2.05) is 30.3 Å². The van der Waals surface area contributed by atoms with E-state index in [9.17, 15) is 9.59 Å². The van der Waals surface area contributed by atoms with Crippen LogP contribution in [0.1, 0.15) is 38.1 Å². The number of carboxylic acid groups (broad SMARTS) is 1. The van der Waals surface area contributed by atoms with Gasteiger partial charge in [0, 0.05) is 17.5 Å². The van der Waals surface area contributed by atoms with Crippen LogP contribution in [0.5, 0.6) is 0 Å². The smallest absolute Gasteiger partial charge is 0.303 e. The zero-order valence-electron chi connectivity index (χ0n) is 14.1. The molecule has 0 atom stereocenters. The first-order valence-electron chi connectivity index (χ1n) is 7.81. The second kappa shape index (κ2) is 7.29. The van der Waals surface area contributed by atoms with Crippen LogP contribution in [0, 0.1) is 6.92 Å². The molecule has 6 nitrogen and oxygen atoms in total. The monoisotopic (exact) mass is 330 g/mol. The largest absolute Gasteiger partial charge is 0.481 e. The molecule has 1 aromatic heterocycles. The molecular formula is C18H22N2O4. The van der Waals surface area contributed by atoms with E-state index in [0.29, 0.717) is 23.8 Å². The Morgan fingerprint density at radius 1 is 1.25 bits per heavy atom. The molecule has 0 aliphatic heterocycles. The molecule has 1 amide bonds. The molecule has 24 heavy (non-hydrogen) atoms. The molecule has 2 aromatic rings. The van der Waals surface area contributed by atoms with Crippen molar-refractivity contribution in [2.45, 2.75) is 45.6 Å². The van der Waals surface area contributed by atoms with Crippen molar-refractivity contribution in [3.05, 3.63) is 41.8 Å². The first kappa shape index (κ1) is 17.7. The standard InChI is InChI=1S/C18H22N2O4/c1-12-14(19-17(24-12)13-7-5-4-6-8-13)11-15(21)20-18(2,3)10-9-16(22)23/h4-8H,9-11H2,1-3H3,(H,20,21)(H,22,23). The van der Waals surface area contributed by atoms with Crippen molar-refractivity contribution in [2.24, 2.45) is 0 Å². The molecule has 2 rings (SSSR count).